The van der Waals surface area contributed by atoms with Crippen LogP contribution in [0.5, 0.6) is 0 Å². The number of rotatable bonds is 4. The zero-order chi connectivity index (χ0) is 18.8. The van der Waals surface area contributed by atoms with Crippen LogP contribution in [0.4, 0.5) is 5.69 Å². The summed E-state index contributed by atoms with van der Waals surface area (Å²) in [6, 6.07) is 7.90. The quantitative estimate of drug-likeness (QED) is 0.706. The molecule has 1 amide bonds. The highest BCUT2D eigenvalue weighted by Gasteiger charge is 2.15. The number of halogens is 1. The van der Waals surface area contributed by atoms with Gasteiger partial charge in [-0.3, -0.25) is 4.79 Å². The predicted octanol–water partition coefficient (Wildman–Crippen LogP) is 3.86. The first-order valence-corrected chi connectivity index (χ1v) is 9.00. The van der Waals surface area contributed by atoms with Gasteiger partial charge in [-0.15, -0.1) is 0 Å². The Balaban J connectivity index is 1.77. The van der Waals surface area contributed by atoms with Gasteiger partial charge in [-0.25, -0.2) is 9.50 Å². The van der Waals surface area contributed by atoms with Crippen LogP contribution in [0, 0.1) is 32.1 Å². The first-order valence-electron chi connectivity index (χ1n) is 8.20. The summed E-state index contributed by atoms with van der Waals surface area (Å²) >= 11 is 3.47. The highest BCUT2D eigenvalue weighted by molar-refractivity contribution is 9.10. The van der Waals surface area contributed by atoms with E-state index in [9.17, 15) is 4.79 Å². The van der Waals surface area contributed by atoms with Crippen LogP contribution in [-0.2, 0) is 11.2 Å². The van der Waals surface area contributed by atoms with Gasteiger partial charge in [-0.2, -0.15) is 10.4 Å². The molecule has 7 heteroatoms. The lowest BCUT2D eigenvalue weighted by Crippen LogP contribution is -2.14. The average molecular weight is 412 g/mol. The number of amides is 1. The Labute approximate surface area is 160 Å². The summed E-state index contributed by atoms with van der Waals surface area (Å²) in [6.07, 6.45) is 2.40. The van der Waals surface area contributed by atoms with E-state index >= 15 is 0 Å². The molecule has 0 aliphatic carbocycles. The number of aromatic nitrogens is 3. The van der Waals surface area contributed by atoms with Gasteiger partial charge in [0.15, 0.2) is 5.65 Å². The van der Waals surface area contributed by atoms with Crippen molar-refractivity contribution in [1.82, 2.24) is 14.6 Å². The maximum atomic E-state index is 12.3. The average Bonchev–Trinajstić information content (AvgIpc) is 3.00. The van der Waals surface area contributed by atoms with E-state index in [2.05, 4.69) is 37.4 Å². The van der Waals surface area contributed by atoms with Crippen LogP contribution in [0.15, 0.2) is 28.9 Å². The van der Waals surface area contributed by atoms with Crippen molar-refractivity contribution in [1.29, 1.82) is 5.26 Å². The Bertz CT molecular complexity index is 1050. The predicted molar refractivity (Wildman–Crippen MR) is 103 cm³/mol. The molecule has 0 fully saturated rings. The number of anilines is 1. The molecule has 0 bridgehead atoms. The van der Waals surface area contributed by atoms with Gasteiger partial charge in [0.25, 0.3) is 0 Å². The molecular weight excluding hydrogens is 394 g/mol. The summed E-state index contributed by atoms with van der Waals surface area (Å²) in [5.74, 6) is -0.0633. The summed E-state index contributed by atoms with van der Waals surface area (Å²) in [5, 5.41) is 16.3. The molecule has 0 atom stereocenters. The number of fused-ring (bicyclic) bond motifs is 1. The fourth-order valence-electron chi connectivity index (χ4n) is 2.92. The molecule has 3 rings (SSSR count). The second-order valence-corrected chi connectivity index (χ2v) is 7.05. The number of hydrogen-bond donors (Lipinski definition) is 1. The van der Waals surface area contributed by atoms with Gasteiger partial charge in [-0.05, 0) is 66.4 Å². The van der Waals surface area contributed by atoms with Gasteiger partial charge in [0, 0.05) is 22.3 Å². The van der Waals surface area contributed by atoms with Gasteiger partial charge >= 0.3 is 0 Å². The molecule has 2 heterocycles. The Morgan fingerprint density at radius 2 is 2.12 bits per heavy atom. The molecule has 0 radical (unpaired) electrons. The van der Waals surface area contributed by atoms with Crippen LogP contribution >= 0.6 is 15.9 Å². The molecule has 6 nitrogen and oxygen atoms in total. The van der Waals surface area contributed by atoms with E-state index < -0.39 is 0 Å². The molecule has 0 spiro atoms. The molecule has 0 aliphatic heterocycles. The molecule has 0 saturated heterocycles. The fraction of sp³-hybridized carbons (Fsp3) is 0.263. The SMILES string of the molecule is Cc1ccc(NC(=O)CCc2c(C)nc3c(C#N)cnn3c2C)c(Br)c1. The van der Waals surface area contributed by atoms with Crippen molar-refractivity contribution in [3.05, 3.63) is 56.9 Å². The van der Waals surface area contributed by atoms with Gasteiger partial charge < -0.3 is 5.32 Å². The lowest BCUT2D eigenvalue weighted by Gasteiger charge is -2.12. The van der Waals surface area contributed by atoms with Crippen LogP contribution in [0.25, 0.3) is 5.65 Å². The molecule has 26 heavy (non-hydrogen) atoms. The van der Waals surface area contributed by atoms with E-state index in [1.54, 1.807) is 4.52 Å². The second-order valence-electron chi connectivity index (χ2n) is 6.20. The van der Waals surface area contributed by atoms with E-state index in [-0.39, 0.29) is 5.91 Å². The summed E-state index contributed by atoms with van der Waals surface area (Å²) in [5.41, 5.74) is 5.58. The summed E-state index contributed by atoms with van der Waals surface area (Å²) < 4.78 is 2.52. The Morgan fingerprint density at radius 3 is 2.81 bits per heavy atom. The monoisotopic (exact) mass is 411 g/mol. The van der Waals surface area contributed by atoms with Crippen LogP contribution in [0.3, 0.4) is 0 Å². The van der Waals surface area contributed by atoms with Gasteiger partial charge in [0.1, 0.15) is 11.6 Å². The molecule has 132 valence electrons. The Kier molecular flexibility index (Phi) is 5.05. The number of nitrogens with one attached hydrogen (secondary N) is 1. The van der Waals surface area contributed by atoms with Gasteiger partial charge in [-0.1, -0.05) is 6.07 Å². The summed E-state index contributed by atoms with van der Waals surface area (Å²) in [4.78, 5) is 16.8. The molecule has 0 saturated carbocycles. The van der Waals surface area contributed by atoms with Gasteiger partial charge in [0.2, 0.25) is 5.91 Å². The van der Waals surface area contributed by atoms with Crippen molar-refractivity contribution in [2.75, 3.05) is 5.32 Å². The van der Waals surface area contributed by atoms with Crippen LogP contribution in [0.1, 0.15) is 34.5 Å². The molecule has 0 unspecified atom stereocenters. The number of nitriles is 1. The molecule has 1 aromatic carbocycles. The zero-order valence-electron chi connectivity index (χ0n) is 14.8. The highest BCUT2D eigenvalue weighted by atomic mass is 79.9. The van der Waals surface area contributed by atoms with Crippen molar-refractivity contribution in [2.45, 2.75) is 33.6 Å². The Morgan fingerprint density at radius 1 is 1.35 bits per heavy atom. The third kappa shape index (κ3) is 3.46. The van der Waals surface area contributed by atoms with Crippen molar-refractivity contribution >= 4 is 33.2 Å². The van der Waals surface area contributed by atoms with Crippen molar-refractivity contribution in [2.24, 2.45) is 0 Å². The van der Waals surface area contributed by atoms with E-state index in [4.69, 9.17) is 5.26 Å². The number of benzene rings is 1. The smallest absolute Gasteiger partial charge is 0.224 e. The first kappa shape index (κ1) is 18.1. The number of aryl methyl sites for hydroxylation is 3. The number of carbonyl (C=O) groups excluding carboxylic acids is 1. The van der Waals surface area contributed by atoms with Crippen molar-refractivity contribution in [3.63, 3.8) is 0 Å². The third-order valence-electron chi connectivity index (χ3n) is 4.33. The number of hydrogen-bond acceptors (Lipinski definition) is 4. The minimum atomic E-state index is -0.0633. The molecule has 3 aromatic rings. The lowest BCUT2D eigenvalue weighted by molar-refractivity contribution is -0.116. The minimum absolute atomic E-state index is 0.0633. The summed E-state index contributed by atoms with van der Waals surface area (Å²) in [7, 11) is 0. The first-order chi connectivity index (χ1) is 12.4. The normalized spacial score (nSPS) is 10.7. The maximum absolute atomic E-state index is 12.3. The standard InChI is InChI=1S/C19H18BrN5O/c1-11-4-6-17(16(20)8-11)24-18(26)7-5-15-12(2)23-19-14(9-21)10-22-25(19)13(15)3/h4,6,8,10H,5,7H2,1-3H3,(H,24,26). The molecule has 2 aromatic heterocycles. The van der Waals surface area contributed by atoms with Gasteiger partial charge in [0.05, 0.1) is 11.9 Å². The Hall–Kier alpha value is -2.72. The maximum Gasteiger partial charge on any atom is 0.224 e. The number of carbonyl (C=O) groups is 1. The van der Waals surface area contributed by atoms with Crippen molar-refractivity contribution < 1.29 is 4.79 Å². The van der Waals surface area contributed by atoms with E-state index in [1.807, 2.05) is 39.0 Å². The molecular formula is C19H18BrN5O. The van der Waals surface area contributed by atoms with Crippen molar-refractivity contribution in [3.8, 4) is 6.07 Å². The van der Waals surface area contributed by atoms with Crippen LogP contribution < -0.4 is 5.32 Å². The largest absolute Gasteiger partial charge is 0.325 e. The summed E-state index contributed by atoms with van der Waals surface area (Å²) in [6.45, 7) is 5.82. The van der Waals surface area contributed by atoms with E-state index in [0.29, 0.717) is 24.1 Å². The third-order valence-corrected chi connectivity index (χ3v) is 4.99. The van der Waals surface area contributed by atoms with E-state index in [0.717, 1.165) is 32.7 Å². The molecule has 0 aliphatic rings. The topological polar surface area (TPSA) is 83.1 Å². The lowest BCUT2D eigenvalue weighted by atomic mass is 10.1. The zero-order valence-corrected chi connectivity index (χ0v) is 16.4. The second kappa shape index (κ2) is 7.26. The van der Waals surface area contributed by atoms with Crippen LogP contribution in [-0.4, -0.2) is 20.5 Å². The van der Waals surface area contributed by atoms with Crippen LogP contribution in [0.2, 0.25) is 0 Å². The number of nitrogens with zero attached hydrogens (tertiary/aromatic N) is 4. The fourth-order valence-corrected chi connectivity index (χ4v) is 3.52. The minimum Gasteiger partial charge on any atom is -0.325 e. The molecule has 1 N–H and O–H groups in total. The van der Waals surface area contributed by atoms with E-state index in [1.165, 1.54) is 6.20 Å². The highest BCUT2D eigenvalue weighted by Crippen LogP contribution is 2.24.